The molecule has 104 valence electrons. The lowest BCUT2D eigenvalue weighted by atomic mass is 10.3. The summed E-state index contributed by atoms with van der Waals surface area (Å²) >= 11 is 1.30. The number of hydrogen-bond donors (Lipinski definition) is 2. The molecule has 1 aliphatic carbocycles. The van der Waals surface area contributed by atoms with E-state index in [4.69, 9.17) is 5.73 Å². The first kappa shape index (κ1) is 12.9. The largest absolute Gasteiger partial charge is 0.382 e. The van der Waals surface area contributed by atoms with E-state index in [0.29, 0.717) is 16.1 Å². The van der Waals surface area contributed by atoms with Gasteiger partial charge in [-0.3, -0.25) is 9.78 Å². The molecule has 3 rings (SSSR count). The maximum atomic E-state index is 12.4. The van der Waals surface area contributed by atoms with Gasteiger partial charge in [-0.2, -0.15) is 0 Å². The summed E-state index contributed by atoms with van der Waals surface area (Å²) in [4.78, 5) is 22.6. The molecule has 0 atom stereocenters. The zero-order valence-corrected chi connectivity index (χ0v) is 11.9. The number of thiazole rings is 1. The number of aromatic nitrogens is 2. The van der Waals surface area contributed by atoms with E-state index < -0.39 is 0 Å². The van der Waals surface area contributed by atoms with Crippen LogP contribution in [0.2, 0.25) is 0 Å². The Labute approximate surface area is 120 Å². The minimum absolute atomic E-state index is 0.170. The molecule has 0 radical (unpaired) electrons. The van der Waals surface area contributed by atoms with E-state index in [9.17, 15) is 4.79 Å². The first-order valence-corrected chi connectivity index (χ1v) is 7.17. The van der Waals surface area contributed by atoms with Crippen LogP contribution in [0.1, 0.15) is 22.5 Å². The van der Waals surface area contributed by atoms with Crippen LogP contribution in [0.3, 0.4) is 0 Å². The highest BCUT2D eigenvalue weighted by atomic mass is 32.1. The Morgan fingerprint density at radius 2 is 2.35 bits per heavy atom. The Bertz CT molecular complexity index is 623. The highest BCUT2D eigenvalue weighted by molar-refractivity contribution is 7.18. The molecule has 2 aromatic rings. The van der Waals surface area contributed by atoms with Crippen LogP contribution in [0, 0.1) is 0 Å². The molecule has 2 aromatic heterocycles. The van der Waals surface area contributed by atoms with Gasteiger partial charge >= 0.3 is 0 Å². The van der Waals surface area contributed by atoms with Gasteiger partial charge in [-0.15, -0.1) is 0 Å². The second-order valence-corrected chi connectivity index (χ2v) is 5.73. The lowest BCUT2D eigenvalue weighted by molar-refractivity contribution is 0.0997. The molecule has 20 heavy (non-hydrogen) atoms. The summed E-state index contributed by atoms with van der Waals surface area (Å²) in [5.41, 5.74) is 6.57. The maximum Gasteiger partial charge on any atom is 0.272 e. The fourth-order valence-electron chi connectivity index (χ4n) is 1.77. The van der Waals surface area contributed by atoms with Crippen LogP contribution in [0.15, 0.2) is 24.5 Å². The predicted molar refractivity (Wildman–Crippen MR) is 80.1 cm³/mol. The Kier molecular flexibility index (Phi) is 3.27. The number of nitrogens with zero attached hydrogens (tertiary/aromatic N) is 3. The first-order chi connectivity index (χ1) is 9.65. The molecule has 0 aromatic carbocycles. The average Bonchev–Trinajstić information content (AvgIpc) is 3.20. The van der Waals surface area contributed by atoms with E-state index in [0.717, 1.165) is 18.5 Å². The van der Waals surface area contributed by atoms with Crippen molar-refractivity contribution in [3.63, 3.8) is 0 Å². The molecule has 0 bridgehead atoms. The quantitative estimate of drug-likeness (QED) is 0.899. The fourth-order valence-corrected chi connectivity index (χ4v) is 2.71. The third kappa shape index (κ3) is 2.57. The molecule has 1 saturated carbocycles. The maximum absolute atomic E-state index is 12.4. The summed E-state index contributed by atoms with van der Waals surface area (Å²) in [6, 6.07) is 4.10. The average molecular weight is 289 g/mol. The molecule has 6 nitrogen and oxygen atoms in total. The number of hydrogen-bond acceptors (Lipinski definition) is 6. The second kappa shape index (κ2) is 5.09. The highest BCUT2D eigenvalue weighted by Gasteiger charge is 2.25. The lowest BCUT2D eigenvalue weighted by Gasteiger charge is -2.15. The third-order valence-electron chi connectivity index (χ3n) is 3.09. The molecule has 1 amide bonds. The van der Waals surface area contributed by atoms with Gasteiger partial charge in [-0.25, -0.2) is 4.98 Å². The van der Waals surface area contributed by atoms with Crippen molar-refractivity contribution in [2.24, 2.45) is 0 Å². The number of carbonyl (C=O) groups is 1. The molecular weight excluding hydrogens is 274 g/mol. The van der Waals surface area contributed by atoms with Crippen LogP contribution in [0.4, 0.5) is 16.6 Å². The highest BCUT2D eigenvalue weighted by Crippen LogP contribution is 2.31. The van der Waals surface area contributed by atoms with Crippen LogP contribution in [-0.2, 0) is 0 Å². The molecule has 3 N–H and O–H groups in total. The third-order valence-corrected chi connectivity index (χ3v) is 4.08. The van der Waals surface area contributed by atoms with E-state index in [1.807, 2.05) is 6.07 Å². The van der Waals surface area contributed by atoms with Crippen molar-refractivity contribution in [1.82, 2.24) is 9.97 Å². The predicted octanol–water partition coefficient (Wildman–Crippen LogP) is 1.97. The van der Waals surface area contributed by atoms with Crippen LogP contribution < -0.4 is 16.0 Å². The van der Waals surface area contributed by atoms with E-state index in [1.165, 1.54) is 16.2 Å². The van der Waals surface area contributed by atoms with Gasteiger partial charge in [0.1, 0.15) is 10.7 Å². The number of nitrogen functional groups attached to an aromatic ring is 1. The van der Waals surface area contributed by atoms with Gasteiger partial charge in [0.2, 0.25) is 0 Å². The number of amides is 1. The zero-order valence-electron chi connectivity index (χ0n) is 11.0. The van der Waals surface area contributed by atoms with E-state index in [2.05, 4.69) is 15.3 Å². The SMILES string of the molecule is CN(C(=O)c1sc(NC2CC2)nc1N)c1cccnc1. The Balaban J connectivity index is 1.80. The number of rotatable bonds is 4. The van der Waals surface area contributed by atoms with Gasteiger partial charge in [0, 0.05) is 19.3 Å². The van der Waals surface area contributed by atoms with Gasteiger partial charge in [0.25, 0.3) is 5.91 Å². The second-order valence-electron chi connectivity index (χ2n) is 4.73. The standard InChI is InChI=1S/C13H15N5OS/c1-18(9-3-2-6-15-7-9)12(19)10-11(14)17-13(20-10)16-8-4-5-8/h2-3,6-8H,4-5,14H2,1H3,(H,16,17). The van der Waals surface area contributed by atoms with E-state index in [1.54, 1.807) is 25.5 Å². The normalized spacial score (nSPS) is 14.1. The van der Waals surface area contributed by atoms with Crippen molar-refractivity contribution < 1.29 is 4.79 Å². The Morgan fingerprint density at radius 3 is 3.00 bits per heavy atom. The molecule has 0 saturated heterocycles. The van der Waals surface area contributed by atoms with Crippen molar-refractivity contribution >= 4 is 33.9 Å². The number of pyridine rings is 1. The number of nitrogens with two attached hydrogens (primary N) is 1. The van der Waals surface area contributed by atoms with Crippen LogP contribution in [-0.4, -0.2) is 29.0 Å². The van der Waals surface area contributed by atoms with Gasteiger partial charge in [-0.05, 0) is 25.0 Å². The first-order valence-electron chi connectivity index (χ1n) is 6.36. The summed E-state index contributed by atoms with van der Waals surface area (Å²) in [5, 5.41) is 3.97. The van der Waals surface area contributed by atoms with E-state index in [-0.39, 0.29) is 11.7 Å². The van der Waals surface area contributed by atoms with Gasteiger partial charge < -0.3 is 16.0 Å². The van der Waals surface area contributed by atoms with Crippen molar-refractivity contribution in [3.8, 4) is 0 Å². The topological polar surface area (TPSA) is 84.1 Å². The smallest absolute Gasteiger partial charge is 0.272 e. The van der Waals surface area contributed by atoms with Gasteiger partial charge in [-0.1, -0.05) is 11.3 Å². The van der Waals surface area contributed by atoms with Crippen molar-refractivity contribution in [3.05, 3.63) is 29.4 Å². The zero-order chi connectivity index (χ0) is 14.1. The van der Waals surface area contributed by atoms with Crippen LogP contribution in [0.5, 0.6) is 0 Å². The lowest BCUT2D eigenvalue weighted by Crippen LogP contribution is -2.26. The Hall–Kier alpha value is -2.15. The van der Waals surface area contributed by atoms with Crippen molar-refractivity contribution in [2.75, 3.05) is 23.0 Å². The van der Waals surface area contributed by atoms with Gasteiger partial charge in [0.05, 0.1) is 11.9 Å². The van der Waals surface area contributed by atoms with Crippen LogP contribution >= 0.6 is 11.3 Å². The Morgan fingerprint density at radius 1 is 1.55 bits per heavy atom. The monoisotopic (exact) mass is 289 g/mol. The van der Waals surface area contributed by atoms with Crippen LogP contribution in [0.25, 0.3) is 0 Å². The van der Waals surface area contributed by atoms with E-state index >= 15 is 0 Å². The minimum Gasteiger partial charge on any atom is -0.382 e. The summed E-state index contributed by atoms with van der Waals surface area (Å²) < 4.78 is 0. The summed E-state index contributed by atoms with van der Waals surface area (Å²) in [7, 11) is 1.70. The number of nitrogens with one attached hydrogen (secondary N) is 1. The molecule has 0 unspecified atom stereocenters. The summed E-state index contributed by atoms with van der Waals surface area (Å²) in [5.74, 6) is 0.107. The molecule has 1 aliphatic rings. The number of anilines is 3. The van der Waals surface area contributed by atoms with Crippen molar-refractivity contribution in [2.45, 2.75) is 18.9 Å². The van der Waals surface area contributed by atoms with Crippen molar-refractivity contribution in [1.29, 1.82) is 0 Å². The molecule has 1 fully saturated rings. The van der Waals surface area contributed by atoms with Gasteiger partial charge in [0.15, 0.2) is 5.13 Å². The molecule has 0 spiro atoms. The molecule has 7 heteroatoms. The summed E-state index contributed by atoms with van der Waals surface area (Å²) in [6.45, 7) is 0. The molecular formula is C13H15N5OS. The number of carbonyl (C=O) groups excluding carboxylic acids is 1. The molecule has 0 aliphatic heterocycles. The fraction of sp³-hybridized carbons (Fsp3) is 0.308. The molecule has 2 heterocycles. The minimum atomic E-state index is -0.170. The summed E-state index contributed by atoms with van der Waals surface area (Å²) in [6.07, 6.45) is 5.61.